The van der Waals surface area contributed by atoms with E-state index in [1.54, 1.807) is 18.6 Å². The molecule has 0 radical (unpaired) electrons. The average molecular weight is 457 g/mol. The number of aromatic nitrogens is 9. The first-order valence-electron chi connectivity index (χ1n) is 11.2. The molecule has 1 aliphatic heterocycles. The van der Waals surface area contributed by atoms with Crippen LogP contribution in [0.5, 0.6) is 0 Å². The quantitative estimate of drug-likeness (QED) is 0.439. The van der Waals surface area contributed by atoms with Gasteiger partial charge >= 0.3 is 0 Å². The first-order valence-corrected chi connectivity index (χ1v) is 11.2. The van der Waals surface area contributed by atoms with Crippen LogP contribution in [0.4, 0.5) is 5.82 Å². The van der Waals surface area contributed by atoms with E-state index in [9.17, 15) is 0 Å². The molecule has 6 rings (SSSR count). The zero-order valence-electron chi connectivity index (χ0n) is 19.2. The highest BCUT2D eigenvalue weighted by Gasteiger charge is 2.26. The van der Waals surface area contributed by atoms with Gasteiger partial charge in [-0.3, -0.25) is 5.10 Å². The second-order valence-electron chi connectivity index (χ2n) is 8.44. The van der Waals surface area contributed by atoms with E-state index in [1.807, 2.05) is 34.5 Å². The summed E-state index contributed by atoms with van der Waals surface area (Å²) in [5, 5.41) is 24.6. The van der Waals surface area contributed by atoms with Crippen LogP contribution in [-0.4, -0.2) is 70.6 Å². The van der Waals surface area contributed by atoms with Crippen molar-refractivity contribution in [2.24, 2.45) is 0 Å². The molecule has 1 N–H and O–H groups in total. The number of nitrogens with zero attached hydrogens (tertiary/aromatic N) is 9. The Hall–Kier alpha value is -4.12. The number of H-pyrrole nitrogens is 1. The van der Waals surface area contributed by atoms with Gasteiger partial charge in [0.05, 0.1) is 71.9 Å². The van der Waals surface area contributed by atoms with Crippen LogP contribution in [-0.2, 0) is 4.74 Å². The van der Waals surface area contributed by atoms with Crippen LogP contribution in [0.3, 0.4) is 0 Å². The number of hydrogen-bond acceptors (Lipinski definition) is 8. The summed E-state index contributed by atoms with van der Waals surface area (Å²) in [6, 6.07) is 6.13. The van der Waals surface area contributed by atoms with E-state index in [1.165, 1.54) is 0 Å². The van der Waals surface area contributed by atoms with E-state index in [4.69, 9.17) is 19.9 Å². The van der Waals surface area contributed by atoms with Crippen LogP contribution >= 0.6 is 0 Å². The monoisotopic (exact) mass is 456 g/mol. The molecule has 0 amide bonds. The number of anilines is 1. The molecule has 6 heterocycles. The highest BCUT2D eigenvalue weighted by atomic mass is 16.5. The molecule has 0 bridgehead atoms. The van der Waals surface area contributed by atoms with Crippen LogP contribution in [0.25, 0.3) is 33.8 Å². The predicted octanol–water partition coefficient (Wildman–Crippen LogP) is 2.60. The van der Waals surface area contributed by atoms with Crippen LogP contribution in [0.2, 0.25) is 0 Å². The summed E-state index contributed by atoms with van der Waals surface area (Å²) < 4.78 is 9.45. The molecular formula is C23H24N10O. The molecule has 11 heteroatoms. The minimum Gasteiger partial charge on any atom is -0.377 e. The maximum atomic E-state index is 5.67. The Bertz CT molecular complexity index is 1450. The zero-order chi connectivity index (χ0) is 23.2. The van der Waals surface area contributed by atoms with Gasteiger partial charge in [0, 0.05) is 24.4 Å². The van der Waals surface area contributed by atoms with Crippen LogP contribution in [0.15, 0.2) is 43.0 Å². The minimum atomic E-state index is 0.211. The third kappa shape index (κ3) is 3.24. The maximum absolute atomic E-state index is 5.67. The van der Waals surface area contributed by atoms with Gasteiger partial charge in [0.2, 0.25) is 0 Å². The van der Waals surface area contributed by atoms with Crippen molar-refractivity contribution in [2.75, 3.05) is 24.7 Å². The fourth-order valence-corrected chi connectivity index (χ4v) is 4.61. The summed E-state index contributed by atoms with van der Waals surface area (Å²) in [7, 11) is 0. The molecule has 1 aliphatic rings. The molecule has 0 aromatic carbocycles. The number of aromatic amines is 1. The largest absolute Gasteiger partial charge is 0.377 e. The molecule has 34 heavy (non-hydrogen) atoms. The van der Waals surface area contributed by atoms with E-state index in [0.29, 0.717) is 13.2 Å². The van der Waals surface area contributed by atoms with Gasteiger partial charge in [-0.05, 0) is 32.9 Å². The Morgan fingerprint density at radius 2 is 2.03 bits per heavy atom. The lowest BCUT2D eigenvalue weighted by molar-refractivity contribution is 0.0985. The van der Waals surface area contributed by atoms with Gasteiger partial charge in [-0.2, -0.15) is 25.5 Å². The molecular weight excluding hydrogens is 432 g/mol. The topological polar surface area (TPSA) is 115 Å². The molecule has 5 aromatic heterocycles. The Balaban J connectivity index is 1.60. The summed E-state index contributed by atoms with van der Waals surface area (Å²) in [6.07, 6.45) is 6.93. The van der Waals surface area contributed by atoms with E-state index >= 15 is 0 Å². The zero-order valence-corrected chi connectivity index (χ0v) is 19.2. The fourth-order valence-electron chi connectivity index (χ4n) is 4.61. The number of nitrogens with one attached hydrogen (secondary N) is 1. The van der Waals surface area contributed by atoms with Crippen LogP contribution < -0.4 is 4.90 Å². The van der Waals surface area contributed by atoms with Crippen LogP contribution in [0, 0.1) is 13.8 Å². The van der Waals surface area contributed by atoms with Crippen molar-refractivity contribution in [3.05, 3.63) is 54.4 Å². The number of fused-ring (bicyclic) bond motifs is 1. The number of morpholine rings is 1. The van der Waals surface area contributed by atoms with Crippen molar-refractivity contribution < 1.29 is 4.74 Å². The van der Waals surface area contributed by atoms with Crippen molar-refractivity contribution in [2.45, 2.75) is 26.8 Å². The number of aryl methyl sites for hydroxylation is 1. The van der Waals surface area contributed by atoms with Crippen molar-refractivity contribution in [3.63, 3.8) is 0 Å². The summed E-state index contributed by atoms with van der Waals surface area (Å²) in [4.78, 5) is 7.34. The molecule has 0 saturated carbocycles. The smallest absolute Gasteiger partial charge is 0.167 e. The van der Waals surface area contributed by atoms with E-state index < -0.39 is 0 Å². The Morgan fingerprint density at radius 3 is 2.79 bits per heavy atom. The second kappa shape index (κ2) is 8.03. The average Bonchev–Trinajstić information content (AvgIpc) is 3.58. The summed E-state index contributed by atoms with van der Waals surface area (Å²) >= 11 is 0. The molecule has 0 aliphatic carbocycles. The first kappa shape index (κ1) is 20.5. The fraction of sp³-hybridized carbons (Fsp3) is 0.304. The lowest BCUT2D eigenvalue weighted by atomic mass is 10.1. The highest BCUT2D eigenvalue weighted by Crippen LogP contribution is 2.34. The molecule has 1 atom stereocenters. The normalized spacial score (nSPS) is 16.4. The van der Waals surface area contributed by atoms with Crippen molar-refractivity contribution >= 4 is 11.5 Å². The van der Waals surface area contributed by atoms with Crippen molar-refractivity contribution in [1.82, 2.24) is 44.8 Å². The number of hydrogen-bond donors (Lipinski definition) is 1. The van der Waals surface area contributed by atoms with Gasteiger partial charge in [0.15, 0.2) is 5.65 Å². The lowest BCUT2D eigenvalue weighted by Crippen LogP contribution is -2.44. The number of rotatable bonds is 4. The van der Waals surface area contributed by atoms with Crippen molar-refractivity contribution in [1.29, 1.82) is 0 Å². The van der Waals surface area contributed by atoms with Gasteiger partial charge in [-0.1, -0.05) is 0 Å². The summed E-state index contributed by atoms with van der Waals surface area (Å²) in [5.41, 5.74) is 7.17. The molecule has 11 nitrogen and oxygen atoms in total. The highest BCUT2D eigenvalue weighted by molar-refractivity contribution is 5.80. The van der Waals surface area contributed by atoms with Gasteiger partial charge in [0.25, 0.3) is 0 Å². The Morgan fingerprint density at radius 1 is 1.12 bits per heavy atom. The third-order valence-corrected chi connectivity index (χ3v) is 6.27. The SMILES string of the molecule is Cc1nn(-c2ccnnc2)c(C)c1-c1cc(N2CCOCC2C)nc2c(-c3ccn[nH]3)cnn12. The molecule has 5 aromatic rings. The van der Waals surface area contributed by atoms with Gasteiger partial charge in [-0.15, -0.1) is 0 Å². The number of ether oxygens (including phenoxy) is 1. The van der Waals surface area contributed by atoms with E-state index in [2.05, 4.69) is 45.2 Å². The molecule has 0 spiro atoms. The molecule has 1 unspecified atom stereocenters. The molecule has 1 fully saturated rings. The Kier molecular flexibility index (Phi) is 4.84. The van der Waals surface area contributed by atoms with Crippen LogP contribution in [0.1, 0.15) is 18.3 Å². The van der Waals surface area contributed by atoms with Gasteiger partial charge < -0.3 is 9.64 Å². The molecule has 1 saturated heterocycles. The van der Waals surface area contributed by atoms with Crippen molar-refractivity contribution in [3.8, 4) is 28.2 Å². The Labute approximate surface area is 195 Å². The maximum Gasteiger partial charge on any atom is 0.167 e. The second-order valence-corrected chi connectivity index (χ2v) is 8.44. The van der Waals surface area contributed by atoms with Gasteiger partial charge in [-0.25, -0.2) is 14.2 Å². The lowest BCUT2D eigenvalue weighted by Gasteiger charge is -2.34. The van der Waals surface area contributed by atoms with E-state index in [0.717, 1.165) is 57.6 Å². The third-order valence-electron chi connectivity index (χ3n) is 6.27. The first-order chi connectivity index (χ1) is 16.6. The summed E-state index contributed by atoms with van der Waals surface area (Å²) in [5.74, 6) is 0.886. The standard InChI is InChI=1S/C23H24N10O/c1-14-13-34-9-8-31(14)21-10-20(33-23(28-21)18(12-27-33)19-5-7-25-29-19)22-15(2)30-32(16(22)3)17-4-6-24-26-11-17/h4-7,10-12,14H,8-9,13H2,1-3H3,(H,25,29). The predicted molar refractivity (Wildman–Crippen MR) is 126 cm³/mol. The minimum absolute atomic E-state index is 0.211. The summed E-state index contributed by atoms with van der Waals surface area (Å²) in [6.45, 7) is 8.33. The van der Waals surface area contributed by atoms with Gasteiger partial charge in [0.1, 0.15) is 5.82 Å². The van der Waals surface area contributed by atoms with E-state index in [-0.39, 0.29) is 6.04 Å². The molecule has 172 valence electrons.